The van der Waals surface area contributed by atoms with Crippen molar-refractivity contribution >= 4 is 35.0 Å². The van der Waals surface area contributed by atoms with Crippen molar-refractivity contribution in [2.75, 3.05) is 11.1 Å². The van der Waals surface area contributed by atoms with Gasteiger partial charge in [-0.25, -0.2) is 0 Å². The summed E-state index contributed by atoms with van der Waals surface area (Å²) in [5, 5.41) is 12.6. The van der Waals surface area contributed by atoms with Crippen molar-refractivity contribution in [1.29, 1.82) is 0 Å². The Labute approximate surface area is 155 Å². The van der Waals surface area contributed by atoms with Gasteiger partial charge in [0.1, 0.15) is 0 Å². The highest BCUT2D eigenvalue weighted by atomic mass is 35.5. The Morgan fingerprint density at radius 3 is 2.48 bits per heavy atom. The van der Waals surface area contributed by atoms with E-state index in [1.165, 1.54) is 17.3 Å². The summed E-state index contributed by atoms with van der Waals surface area (Å²) in [6.07, 6.45) is 0. The third-order valence-corrected chi connectivity index (χ3v) is 4.88. The molecule has 1 heterocycles. The standard InChI is InChI=1S/C18H17ClN4OS/c1-12-3-5-13(6-4-12)17-21-22-18(23(17)2)25-11-16(24)20-15-9-7-14(19)8-10-15/h3-10H,11H2,1-2H3,(H,20,24). The second-order valence-electron chi connectivity index (χ2n) is 5.57. The van der Waals surface area contributed by atoms with Gasteiger partial charge in [0.05, 0.1) is 5.75 Å². The van der Waals surface area contributed by atoms with Crippen LogP contribution in [0.1, 0.15) is 5.56 Å². The molecule has 0 aliphatic rings. The van der Waals surface area contributed by atoms with Gasteiger partial charge in [-0.15, -0.1) is 10.2 Å². The zero-order chi connectivity index (χ0) is 17.8. The molecule has 2 aromatic carbocycles. The summed E-state index contributed by atoms with van der Waals surface area (Å²) in [6, 6.07) is 15.1. The zero-order valence-electron chi connectivity index (χ0n) is 13.9. The summed E-state index contributed by atoms with van der Waals surface area (Å²) in [5.41, 5.74) is 2.91. The summed E-state index contributed by atoms with van der Waals surface area (Å²) in [4.78, 5) is 12.1. The van der Waals surface area contributed by atoms with E-state index in [1.807, 2.05) is 42.8 Å². The number of halogens is 1. The molecule has 0 saturated carbocycles. The molecular weight excluding hydrogens is 356 g/mol. The number of nitrogens with one attached hydrogen (secondary N) is 1. The summed E-state index contributed by atoms with van der Waals surface area (Å²) in [5.74, 6) is 0.926. The van der Waals surface area contributed by atoms with E-state index >= 15 is 0 Å². The fourth-order valence-electron chi connectivity index (χ4n) is 2.25. The fourth-order valence-corrected chi connectivity index (χ4v) is 3.09. The molecule has 5 nitrogen and oxygen atoms in total. The lowest BCUT2D eigenvalue weighted by Crippen LogP contribution is -2.14. The van der Waals surface area contributed by atoms with Crippen molar-refractivity contribution in [2.24, 2.45) is 7.05 Å². The molecule has 0 atom stereocenters. The first-order valence-electron chi connectivity index (χ1n) is 7.67. The molecule has 128 valence electrons. The number of aromatic nitrogens is 3. The first-order chi connectivity index (χ1) is 12.0. The van der Waals surface area contributed by atoms with Gasteiger partial charge < -0.3 is 9.88 Å². The Morgan fingerprint density at radius 2 is 1.80 bits per heavy atom. The topological polar surface area (TPSA) is 59.8 Å². The van der Waals surface area contributed by atoms with Gasteiger partial charge in [0.15, 0.2) is 11.0 Å². The predicted octanol–water partition coefficient (Wildman–Crippen LogP) is 4.17. The molecular formula is C18H17ClN4OS. The third-order valence-electron chi connectivity index (χ3n) is 3.61. The summed E-state index contributed by atoms with van der Waals surface area (Å²) >= 11 is 7.18. The minimum atomic E-state index is -0.104. The smallest absolute Gasteiger partial charge is 0.234 e. The number of amides is 1. The molecule has 0 aliphatic carbocycles. The maximum Gasteiger partial charge on any atom is 0.234 e. The van der Waals surface area contributed by atoms with E-state index in [1.54, 1.807) is 24.3 Å². The van der Waals surface area contributed by atoms with Crippen molar-refractivity contribution in [1.82, 2.24) is 14.8 Å². The van der Waals surface area contributed by atoms with Gasteiger partial charge in [-0.05, 0) is 31.2 Å². The maximum absolute atomic E-state index is 12.1. The summed E-state index contributed by atoms with van der Waals surface area (Å²) < 4.78 is 1.89. The molecule has 0 spiro atoms. The van der Waals surface area contributed by atoms with Gasteiger partial charge in [0.25, 0.3) is 0 Å². The van der Waals surface area contributed by atoms with Crippen molar-refractivity contribution in [3.8, 4) is 11.4 Å². The van der Waals surface area contributed by atoms with Crippen LogP contribution in [0.25, 0.3) is 11.4 Å². The number of hydrogen-bond acceptors (Lipinski definition) is 4. The predicted molar refractivity (Wildman–Crippen MR) is 102 cm³/mol. The van der Waals surface area contributed by atoms with Crippen LogP contribution >= 0.6 is 23.4 Å². The lowest BCUT2D eigenvalue weighted by atomic mass is 10.1. The maximum atomic E-state index is 12.1. The van der Waals surface area contributed by atoms with Crippen LogP contribution in [0.5, 0.6) is 0 Å². The second-order valence-corrected chi connectivity index (χ2v) is 6.95. The van der Waals surface area contributed by atoms with Gasteiger partial charge in [-0.2, -0.15) is 0 Å². The highest BCUT2D eigenvalue weighted by Gasteiger charge is 2.13. The molecule has 3 aromatic rings. The molecule has 7 heteroatoms. The molecule has 1 aromatic heterocycles. The summed E-state index contributed by atoms with van der Waals surface area (Å²) in [7, 11) is 1.90. The van der Waals surface area contributed by atoms with E-state index in [0.717, 1.165) is 11.4 Å². The number of anilines is 1. The first kappa shape index (κ1) is 17.5. The number of benzene rings is 2. The SMILES string of the molecule is Cc1ccc(-c2nnc(SCC(=O)Nc3ccc(Cl)cc3)n2C)cc1. The molecule has 0 aliphatic heterocycles. The third kappa shape index (κ3) is 4.41. The van der Waals surface area contributed by atoms with Crippen LogP contribution in [0, 0.1) is 6.92 Å². The van der Waals surface area contributed by atoms with Gasteiger partial charge in [0.2, 0.25) is 5.91 Å². The lowest BCUT2D eigenvalue weighted by Gasteiger charge is -2.06. The van der Waals surface area contributed by atoms with Crippen LogP contribution in [0.15, 0.2) is 53.7 Å². The van der Waals surface area contributed by atoms with Crippen LogP contribution in [0.3, 0.4) is 0 Å². The highest BCUT2D eigenvalue weighted by molar-refractivity contribution is 7.99. The minimum absolute atomic E-state index is 0.104. The van der Waals surface area contributed by atoms with Gasteiger partial charge >= 0.3 is 0 Å². The Morgan fingerprint density at radius 1 is 1.12 bits per heavy atom. The first-order valence-corrected chi connectivity index (χ1v) is 9.04. The van der Waals surface area contributed by atoms with Crippen LogP contribution in [0.2, 0.25) is 5.02 Å². The van der Waals surface area contributed by atoms with Crippen molar-refractivity contribution < 1.29 is 4.79 Å². The number of nitrogens with zero attached hydrogens (tertiary/aromatic N) is 3. The molecule has 3 rings (SSSR count). The molecule has 25 heavy (non-hydrogen) atoms. The second kappa shape index (κ2) is 7.72. The van der Waals surface area contributed by atoms with E-state index in [4.69, 9.17) is 11.6 Å². The molecule has 1 amide bonds. The van der Waals surface area contributed by atoms with Gasteiger partial charge in [-0.1, -0.05) is 53.2 Å². The number of carbonyl (C=O) groups excluding carboxylic acids is 1. The zero-order valence-corrected chi connectivity index (χ0v) is 15.4. The molecule has 0 bridgehead atoms. The number of carbonyl (C=O) groups is 1. The van der Waals surface area contributed by atoms with Gasteiger partial charge in [0, 0.05) is 23.3 Å². The van der Waals surface area contributed by atoms with Crippen molar-refractivity contribution in [2.45, 2.75) is 12.1 Å². The minimum Gasteiger partial charge on any atom is -0.325 e. The number of thioether (sulfide) groups is 1. The lowest BCUT2D eigenvalue weighted by molar-refractivity contribution is -0.113. The van der Waals surface area contributed by atoms with Gasteiger partial charge in [-0.3, -0.25) is 4.79 Å². The average molecular weight is 373 g/mol. The van der Waals surface area contributed by atoms with Crippen LogP contribution in [-0.4, -0.2) is 26.4 Å². The van der Waals surface area contributed by atoms with Crippen LogP contribution in [-0.2, 0) is 11.8 Å². The molecule has 0 saturated heterocycles. The van der Waals surface area contributed by atoms with E-state index < -0.39 is 0 Å². The van der Waals surface area contributed by atoms with E-state index in [-0.39, 0.29) is 11.7 Å². The van der Waals surface area contributed by atoms with Crippen LogP contribution in [0.4, 0.5) is 5.69 Å². The average Bonchev–Trinajstić information content (AvgIpc) is 2.97. The Bertz CT molecular complexity index is 875. The molecule has 0 radical (unpaired) electrons. The molecule has 0 unspecified atom stereocenters. The molecule has 0 fully saturated rings. The number of hydrogen-bond donors (Lipinski definition) is 1. The van der Waals surface area contributed by atoms with Crippen LogP contribution < -0.4 is 5.32 Å². The Kier molecular flexibility index (Phi) is 5.40. The Balaban J connectivity index is 1.62. The van der Waals surface area contributed by atoms with Crippen molar-refractivity contribution in [3.05, 3.63) is 59.1 Å². The van der Waals surface area contributed by atoms with E-state index in [0.29, 0.717) is 15.9 Å². The Hall–Kier alpha value is -2.31. The number of aryl methyl sites for hydroxylation is 1. The summed E-state index contributed by atoms with van der Waals surface area (Å²) in [6.45, 7) is 2.04. The van der Waals surface area contributed by atoms with Crippen molar-refractivity contribution in [3.63, 3.8) is 0 Å². The largest absolute Gasteiger partial charge is 0.325 e. The van der Waals surface area contributed by atoms with E-state index in [2.05, 4.69) is 15.5 Å². The highest BCUT2D eigenvalue weighted by Crippen LogP contribution is 2.23. The fraction of sp³-hybridized carbons (Fsp3) is 0.167. The molecule has 1 N–H and O–H groups in total. The van der Waals surface area contributed by atoms with E-state index in [9.17, 15) is 4.79 Å². The normalized spacial score (nSPS) is 10.7. The number of rotatable bonds is 5. The monoisotopic (exact) mass is 372 g/mol. The quantitative estimate of drug-likeness (QED) is 0.683.